The van der Waals surface area contributed by atoms with Crippen LogP contribution in [0.3, 0.4) is 0 Å². The lowest BCUT2D eigenvalue weighted by molar-refractivity contribution is 0.102. The van der Waals surface area contributed by atoms with Gasteiger partial charge in [0.15, 0.2) is 10.8 Å². The molecule has 0 aliphatic carbocycles. The molecule has 0 spiro atoms. The summed E-state index contributed by atoms with van der Waals surface area (Å²) in [5.41, 5.74) is 3.19. The molecule has 118 valence electrons. The van der Waals surface area contributed by atoms with Crippen LogP contribution in [0.15, 0.2) is 30.3 Å². The number of para-hydroxylation sites is 1. The molecule has 5 nitrogen and oxygen atoms in total. The van der Waals surface area contributed by atoms with Crippen molar-refractivity contribution >= 4 is 32.7 Å². The highest BCUT2D eigenvalue weighted by Gasteiger charge is 2.15. The van der Waals surface area contributed by atoms with E-state index in [1.807, 2.05) is 39.0 Å². The molecule has 0 fully saturated rings. The standard InChI is InChI=1S/C17H17N3O2S/c1-4-22-13-8-6-5-7-12(13)16(21)20-17-19-15-14(23-17)10(2)9-11(3)18-15/h5-9H,4H2,1-3H3,(H,18,19,20,21). The molecule has 3 rings (SSSR count). The van der Waals surface area contributed by atoms with Crippen LogP contribution >= 0.6 is 11.3 Å². The zero-order valence-electron chi connectivity index (χ0n) is 13.2. The van der Waals surface area contributed by atoms with Gasteiger partial charge in [-0.05, 0) is 44.5 Å². The Balaban J connectivity index is 1.90. The number of hydrogen-bond donors (Lipinski definition) is 1. The Labute approximate surface area is 138 Å². The van der Waals surface area contributed by atoms with Crippen molar-refractivity contribution in [1.82, 2.24) is 9.97 Å². The van der Waals surface area contributed by atoms with Gasteiger partial charge in [0.25, 0.3) is 5.91 Å². The van der Waals surface area contributed by atoms with E-state index in [0.717, 1.165) is 16.0 Å². The topological polar surface area (TPSA) is 64.1 Å². The number of rotatable bonds is 4. The van der Waals surface area contributed by atoms with Gasteiger partial charge in [-0.25, -0.2) is 4.98 Å². The second-order valence-electron chi connectivity index (χ2n) is 5.14. The maximum Gasteiger partial charge on any atom is 0.261 e. The van der Waals surface area contributed by atoms with E-state index in [9.17, 15) is 4.79 Å². The molecule has 0 saturated carbocycles. The van der Waals surface area contributed by atoms with E-state index < -0.39 is 0 Å². The fourth-order valence-corrected chi connectivity index (χ4v) is 3.25. The van der Waals surface area contributed by atoms with Crippen molar-refractivity contribution < 1.29 is 9.53 Å². The minimum absolute atomic E-state index is 0.234. The van der Waals surface area contributed by atoms with E-state index >= 15 is 0 Å². The lowest BCUT2D eigenvalue weighted by atomic mass is 10.2. The molecule has 1 amide bonds. The van der Waals surface area contributed by atoms with Gasteiger partial charge in [-0.3, -0.25) is 10.1 Å². The molecule has 0 unspecified atom stereocenters. The Morgan fingerprint density at radius 2 is 2.04 bits per heavy atom. The van der Waals surface area contributed by atoms with E-state index in [1.165, 1.54) is 11.3 Å². The zero-order valence-corrected chi connectivity index (χ0v) is 14.0. The van der Waals surface area contributed by atoms with Crippen molar-refractivity contribution in [3.05, 3.63) is 47.2 Å². The average Bonchev–Trinajstić information content (AvgIpc) is 2.90. The van der Waals surface area contributed by atoms with Gasteiger partial charge in [0.05, 0.1) is 16.9 Å². The summed E-state index contributed by atoms with van der Waals surface area (Å²) in [6.45, 7) is 6.35. The number of nitrogens with one attached hydrogen (secondary N) is 1. The number of benzene rings is 1. The first-order chi connectivity index (χ1) is 11.1. The number of carbonyl (C=O) groups excluding carboxylic acids is 1. The quantitative estimate of drug-likeness (QED) is 0.788. The summed E-state index contributed by atoms with van der Waals surface area (Å²) in [5.74, 6) is 0.334. The number of hydrogen-bond acceptors (Lipinski definition) is 5. The number of carbonyl (C=O) groups is 1. The third-order valence-corrected chi connectivity index (χ3v) is 4.42. The lowest BCUT2D eigenvalue weighted by Gasteiger charge is -2.08. The number of anilines is 1. The van der Waals surface area contributed by atoms with Crippen LogP contribution in [0.25, 0.3) is 10.3 Å². The molecular formula is C17H17N3O2S. The average molecular weight is 327 g/mol. The Kier molecular flexibility index (Phi) is 4.25. The number of nitrogens with zero attached hydrogens (tertiary/aromatic N) is 2. The van der Waals surface area contributed by atoms with Crippen molar-refractivity contribution in [3.8, 4) is 5.75 Å². The second-order valence-corrected chi connectivity index (χ2v) is 6.13. The first-order valence-corrected chi connectivity index (χ1v) is 8.18. The number of ether oxygens (including phenoxy) is 1. The normalized spacial score (nSPS) is 10.7. The predicted molar refractivity (Wildman–Crippen MR) is 92.5 cm³/mol. The zero-order chi connectivity index (χ0) is 16.4. The van der Waals surface area contributed by atoms with Gasteiger partial charge in [-0.1, -0.05) is 23.5 Å². The molecule has 3 aromatic rings. The van der Waals surface area contributed by atoms with Gasteiger partial charge in [-0.15, -0.1) is 0 Å². The third-order valence-electron chi connectivity index (χ3n) is 3.33. The highest BCUT2D eigenvalue weighted by molar-refractivity contribution is 7.22. The highest BCUT2D eigenvalue weighted by Crippen LogP contribution is 2.29. The first kappa shape index (κ1) is 15.4. The molecule has 0 bridgehead atoms. The van der Waals surface area contributed by atoms with Gasteiger partial charge in [-0.2, -0.15) is 4.98 Å². The maximum atomic E-state index is 12.5. The molecule has 2 heterocycles. The van der Waals surface area contributed by atoms with Crippen LogP contribution < -0.4 is 10.1 Å². The summed E-state index contributed by atoms with van der Waals surface area (Å²) in [5, 5.41) is 3.38. The molecule has 6 heteroatoms. The Hall–Kier alpha value is -2.47. The van der Waals surface area contributed by atoms with Crippen LogP contribution in [-0.4, -0.2) is 22.5 Å². The van der Waals surface area contributed by atoms with Crippen molar-refractivity contribution in [2.45, 2.75) is 20.8 Å². The maximum absolute atomic E-state index is 12.5. The number of pyridine rings is 1. The Bertz CT molecular complexity index is 873. The first-order valence-electron chi connectivity index (χ1n) is 7.36. The summed E-state index contributed by atoms with van der Waals surface area (Å²) >= 11 is 1.43. The minimum atomic E-state index is -0.234. The van der Waals surface area contributed by atoms with Crippen molar-refractivity contribution in [2.24, 2.45) is 0 Å². The van der Waals surface area contributed by atoms with E-state index in [2.05, 4.69) is 15.3 Å². The smallest absolute Gasteiger partial charge is 0.261 e. The van der Waals surface area contributed by atoms with Crippen molar-refractivity contribution in [2.75, 3.05) is 11.9 Å². The van der Waals surface area contributed by atoms with Gasteiger partial charge in [0.1, 0.15) is 5.75 Å². The third kappa shape index (κ3) is 3.17. The fraction of sp³-hybridized carbons (Fsp3) is 0.235. The summed E-state index contributed by atoms with van der Waals surface area (Å²) in [6, 6.07) is 9.18. The van der Waals surface area contributed by atoms with Crippen LogP contribution in [-0.2, 0) is 0 Å². The molecule has 1 aromatic carbocycles. The summed E-state index contributed by atoms with van der Waals surface area (Å²) < 4.78 is 6.49. The van der Waals surface area contributed by atoms with Crippen molar-refractivity contribution in [3.63, 3.8) is 0 Å². The monoisotopic (exact) mass is 327 g/mol. The summed E-state index contributed by atoms with van der Waals surface area (Å²) in [4.78, 5) is 21.3. The Morgan fingerprint density at radius 1 is 1.26 bits per heavy atom. The van der Waals surface area contributed by atoms with Gasteiger partial charge < -0.3 is 4.74 Å². The number of aromatic nitrogens is 2. The molecule has 0 atom stereocenters. The van der Waals surface area contributed by atoms with Crippen LogP contribution in [0.4, 0.5) is 5.13 Å². The molecule has 0 aliphatic rings. The summed E-state index contributed by atoms with van der Waals surface area (Å²) in [6.07, 6.45) is 0. The van der Waals surface area contributed by atoms with Crippen molar-refractivity contribution in [1.29, 1.82) is 0 Å². The second kappa shape index (κ2) is 6.34. The Morgan fingerprint density at radius 3 is 2.83 bits per heavy atom. The minimum Gasteiger partial charge on any atom is -0.493 e. The molecule has 23 heavy (non-hydrogen) atoms. The number of thiazole rings is 1. The van der Waals surface area contributed by atoms with Gasteiger partial charge in [0, 0.05) is 5.69 Å². The van der Waals surface area contributed by atoms with E-state index in [-0.39, 0.29) is 5.91 Å². The van der Waals surface area contributed by atoms with E-state index in [1.54, 1.807) is 12.1 Å². The lowest BCUT2D eigenvalue weighted by Crippen LogP contribution is -2.13. The SMILES string of the molecule is CCOc1ccccc1C(=O)Nc1nc2nc(C)cc(C)c2s1. The molecule has 2 aromatic heterocycles. The largest absolute Gasteiger partial charge is 0.493 e. The number of aryl methyl sites for hydroxylation is 2. The van der Waals surface area contributed by atoms with E-state index in [0.29, 0.717) is 28.7 Å². The van der Waals surface area contributed by atoms with Crippen LogP contribution in [0.5, 0.6) is 5.75 Å². The molecule has 0 radical (unpaired) electrons. The molecular weight excluding hydrogens is 310 g/mol. The van der Waals surface area contributed by atoms with Crippen LogP contribution in [0, 0.1) is 13.8 Å². The fourth-order valence-electron chi connectivity index (χ4n) is 2.38. The molecule has 0 aliphatic heterocycles. The number of amides is 1. The van der Waals surface area contributed by atoms with Crippen LogP contribution in [0.2, 0.25) is 0 Å². The number of fused-ring (bicyclic) bond motifs is 1. The molecule has 1 N–H and O–H groups in total. The van der Waals surface area contributed by atoms with E-state index in [4.69, 9.17) is 4.74 Å². The van der Waals surface area contributed by atoms with Gasteiger partial charge in [0.2, 0.25) is 0 Å². The highest BCUT2D eigenvalue weighted by atomic mass is 32.1. The van der Waals surface area contributed by atoms with Gasteiger partial charge >= 0.3 is 0 Å². The predicted octanol–water partition coefficient (Wildman–Crippen LogP) is 3.96. The molecule has 0 saturated heterocycles. The van der Waals surface area contributed by atoms with Crippen LogP contribution in [0.1, 0.15) is 28.5 Å². The summed E-state index contributed by atoms with van der Waals surface area (Å²) in [7, 11) is 0.